The molecule has 16 heavy (non-hydrogen) atoms. The Morgan fingerprint density at radius 1 is 1.19 bits per heavy atom. The third-order valence-electron chi connectivity index (χ3n) is 4.04. The van der Waals surface area contributed by atoms with Crippen LogP contribution in [0.5, 0.6) is 0 Å². The molecule has 1 rings (SSSR count). The highest BCUT2D eigenvalue weighted by Crippen LogP contribution is 2.26. The van der Waals surface area contributed by atoms with Crippen LogP contribution in [-0.4, -0.2) is 37.1 Å². The van der Waals surface area contributed by atoms with E-state index >= 15 is 0 Å². The van der Waals surface area contributed by atoms with Crippen LogP contribution < -0.4 is 5.32 Å². The summed E-state index contributed by atoms with van der Waals surface area (Å²) in [5.41, 5.74) is 0. The summed E-state index contributed by atoms with van der Waals surface area (Å²) >= 11 is 0. The van der Waals surface area contributed by atoms with Crippen LogP contribution in [-0.2, 0) is 0 Å². The SMILES string of the molecule is CCCNCC(C(C)C)N1CC(C)C(C)C1. The Morgan fingerprint density at radius 3 is 2.19 bits per heavy atom. The van der Waals surface area contributed by atoms with Gasteiger partial charge in [0.05, 0.1) is 0 Å². The van der Waals surface area contributed by atoms with Crippen LogP contribution >= 0.6 is 0 Å². The van der Waals surface area contributed by atoms with Gasteiger partial charge in [0.2, 0.25) is 0 Å². The molecule has 0 radical (unpaired) electrons. The monoisotopic (exact) mass is 226 g/mol. The summed E-state index contributed by atoms with van der Waals surface area (Å²) in [7, 11) is 0. The first-order valence-corrected chi connectivity index (χ1v) is 7.01. The van der Waals surface area contributed by atoms with E-state index in [1.807, 2.05) is 0 Å². The fraction of sp³-hybridized carbons (Fsp3) is 1.00. The third kappa shape index (κ3) is 3.74. The fourth-order valence-corrected chi connectivity index (χ4v) is 2.66. The standard InChI is InChI=1S/C14H30N2/c1-6-7-15-8-14(11(2)3)16-9-12(4)13(5)10-16/h11-15H,6-10H2,1-5H3. The van der Waals surface area contributed by atoms with Crippen molar-refractivity contribution in [2.75, 3.05) is 26.2 Å². The number of rotatable bonds is 6. The molecular formula is C14H30N2. The van der Waals surface area contributed by atoms with Crippen LogP contribution in [0.2, 0.25) is 0 Å². The van der Waals surface area contributed by atoms with Gasteiger partial charge in [-0.15, -0.1) is 0 Å². The number of nitrogens with one attached hydrogen (secondary N) is 1. The maximum Gasteiger partial charge on any atom is 0.0243 e. The summed E-state index contributed by atoms with van der Waals surface area (Å²) in [6.07, 6.45) is 1.23. The Hall–Kier alpha value is -0.0800. The van der Waals surface area contributed by atoms with Gasteiger partial charge in [-0.3, -0.25) is 4.90 Å². The van der Waals surface area contributed by atoms with E-state index in [0.717, 1.165) is 36.9 Å². The molecule has 0 saturated carbocycles. The normalized spacial score (nSPS) is 28.9. The van der Waals surface area contributed by atoms with Crippen molar-refractivity contribution >= 4 is 0 Å². The highest BCUT2D eigenvalue weighted by atomic mass is 15.2. The molecule has 96 valence electrons. The Bertz CT molecular complexity index is 181. The highest BCUT2D eigenvalue weighted by molar-refractivity contribution is 4.86. The quantitative estimate of drug-likeness (QED) is 0.700. The van der Waals surface area contributed by atoms with Gasteiger partial charge in [-0.1, -0.05) is 34.6 Å². The molecule has 3 atom stereocenters. The van der Waals surface area contributed by atoms with E-state index in [1.165, 1.54) is 19.5 Å². The lowest BCUT2D eigenvalue weighted by Gasteiger charge is -2.31. The first-order chi connectivity index (χ1) is 7.56. The molecule has 3 unspecified atom stereocenters. The van der Waals surface area contributed by atoms with E-state index in [0.29, 0.717) is 0 Å². The lowest BCUT2D eigenvalue weighted by molar-refractivity contribution is 0.179. The van der Waals surface area contributed by atoms with Gasteiger partial charge in [0.25, 0.3) is 0 Å². The van der Waals surface area contributed by atoms with Crippen molar-refractivity contribution in [1.29, 1.82) is 0 Å². The van der Waals surface area contributed by atoms with E-state index in [2.05, 4.69) is 44.8 Å². The number of likely N-dealkylation sites (tertiary alicyclic amines) is 1. The zero-order valence-electron chi connectivity index (χ0n) is 11.8. The van der Waals surface area contributed by atoms with E-state index < -0.39 is 0 Å². The minimum Gasteiger partial charge on any atom is -0.315 e. The van der Waals surface area contributed by atoms with Gasteiger partial charge in [-0.25, -0.2) is 0 Å². The Morgan fingerprint density at radius 2 is 1.75 bits per heavy atom. The number of hydrogen-bond acceptors (Lipinski definition) is 2. The van der Waals surface area contributed by atoms with Gasteiger partial charge in [0.15, 0.2) is 0 Å². The van der Waals surface area contributed by atoms with Crippen molar-refractivity contribution in [3.05, 3.63) is 0 Å². The van der Waals surface area contributed by atoms with Gasteiger partial charge < -0.3 is 5.32 Å². The maximum atomic E-state index is 3.58. The van der Waals surface area contributed by atoms with E-state index in [9.17, 15) is 0 Å². The summed E-state index contributed by atoms with van der Waals surface area (Å²) < 4.78 is 0. The van der Waals surface area contributed by atoms with Crippen LogP contribution in [0.3, 0.4) is 0 Å². The predicted octanol–water partition coefficient (Wildman–Crippen LogP) is 2.60. The van der Waals surface area contributed by atoms with Gasteiger partial charge in [-0.05, 0) is 30.7 Å². The zero-order valence-corrected chi connectivity index (χ0v) is 11.8. The smallest absolute Gasteiger partial charge is 0.0243 e. The minimum atomic E-state index is 0.721. The van der Waals surface area contributed by atoms with Crippen LogP contribution in [0.1, 0.15) is 41.0 Å². The highest BCUT2D eigenvalue weighted by Gasteiger charge is 2.31. The van der Waals surface area contributed by atoms with E-state index in [1.54, 1.807) is 0 Å². The first kappa shape index (κ1) is 14.0. The lowest BCUT2D eigenvalue weighted by atomic mass is 10.0. The van der Waals surface area contributed by atoms with Gasteiger partial charge in [0.1, 0.15) is 0 Å². The average molecular weight is 226 g/mol. The molecule has 0 aromatic rings. The third-order valence-corrected chi connectivity index (χ3v) is 4.04. The second-order valence-corrected chi connectivity index (χ2v) is 5.92. The molecule has 0 aromatic heterocycles. The molecule has 1 heterocycles. The van der Waals surface area contributed by atoms with E-state index in [4.69, 9.17) is 0 Å². The molecule has 0 amide bonds. The van der Waals surface area contributed by atoms with Crippen molar-refractivity contribution in [1.82, 2.24) is 10.2 Å². The zero-order chi connectivity index (χ0) is 12.1. The van der Waals surface area contributed by atoms with E-state index in [-0.39, 0.29) is 0 Å². The Kier molecular flexibility index (Phi) is 5.77. The van der Waals surface area contributed by atoms with Crippen LogP contribution in [0.15, 0.2) is 0 Å². The topological polar surface area (TPSA) is 15.3 Å². The van der Waals surface area contributed by atoms with Crippen molar-refractivity contribution < 1.29 is 0 Å². The molecule has 0 bridgehead atoms. The maximum absolute atomic E-state index is 3.58. The Labute approximate surface area is 102 Å². The molecule has 1 aliphatic rings. The second-order valence-electron chi connectivity index (χ2n) is 5.92. The summed E-state index contributed by atoms with van der Waals surface area (Å²) in [5, 5.41) is 3.58. The minimum absolute atomic E-state index is 0.721. The number of hydrogen-bond donors (Lipinski definition) is 1. The van der Waals surface area contributed by atoms with Crippen LogP contribution in [0.4, 0.5) is 0 Å². The molecule has 2 heteroatoms. The average Bonchev–Trinajstić information content (AvgIpc) is 2.53. The molecule has 1 N–H and O–H groups in total. The molecule has 0 spiro atoms. The van der Waals surface area contributed by atoms with Gasteiger partial charge in [-0.2, -0.15) is 0 Å². The number of nitrogens with zero attached hydrogens (tertiary/aromatic N) is 1. The lowest BCUT2D eigenvalue weighted by Crippen LogP contribution is -2.44. The predicted molar refractivity (Wildman–Crippen MR) is 71.7 cm³/mol. The molecule has 1 aliphatic heterocycles. The van der Waals surface area contributed by atoms with Gasteiger partial charge in [0, 0.05) is 25.7 Å². The van der Waals surface area contributed by atoms with Crippen molar-refractivity contribution in [3.8, 4) is 0 Å². The molecule has 1 fully saturated rings. The second kappa shape index (κ2) is 6.61. The van der Waals surface area contributed by atoms with Gasteiger partial charge >= 0.3 is 0 Å². The van der Waals surface area contributed by atoms with Crippen molar-refractivity contribution in [2.45, 2.75) is 47.1 Å². The first-order valence-electron chi connectivity index (χ1n) is 7.01. The molecule has 2 nitrogen and oxygen atoms in total. The molecular weight excluding hydrogens is 196 g/mol. The molecule has 0 aliphatic carbocycles. The van der Waals surface area contributed by atoms with Crippen molar-refractivity contribution in [2.24, 2.45) is 17.8 Å². The fourth-order valence-electron chi connectivity index (χ4n) is 2.66. The molecule has 0 aromatic carbocycles. The summed E-state index contributed by atoms with van der Waals surface area (Å²) in [4.78, 5) is 2.70. The summed E-state index contributed by atoms with van der Waals surface area (Å²) in [6, 6.07) is 0.721. The summed E-state index contributed by atoms with van der Waals surface area (Å²) in [6.45, 7) is 16.6. The largest absolute Gasteiger partial charge is 0.315 e. The van der Waals surface area contributed by atoms with Crippen LogP contribution in [0, 0.1) is 17.8 Å². The van der Waals surface area contributed by atoms with Crippen LogP contribution in [0.25, 0.3) is 0 Å². The summed E-state index contributed by atoms with van der Waals surface area (Å²) in [5.74, 6) is 2.49. The Balaban J connectivity index is 2.44. The molecule has 1 saturated heterocycles. The van der Waals surface area contributed by atoms with Crippen molar-refractivity contribution in [3.63, 3.8) is 0 Å².